The van der Waals surface area contributed by atoms with Crippen LogP contribution in [0.5, 0.6) is 0 Å². The molecule has 2 heterocycles. The van der Waals surface area contributed by atoms with Gasteiger partial charge in [-0.1, -0.05) is 0 Å². The van der Waals surface area contributed by atoms with Crippen molar-refractivity contribution < 1.29 is 4.79 Å². The maximum Gasteiger partial charge on any atom is 0.240 e. The number of amides is 1. The monoisotopic (exact) mass is 284 g/mol. The van der Waals surface area contributed by atoms with Crippen molar-refractivity contribution in [3.63, 3.8) is 0 Å². The summed E-state index contributed by atoms with van der Waals surface area (Å²) in [5.74, 6) is 3.54. The van der Waals surface area contributed by atoms with E-state index in [1.54, 1.807) is 0 Å². The van der Waals surface area contributed by atoms with Crippen molar-refractivity contribution in [1.82, 2.24) is 10.2 Å². The summed E-state index contributed by atoms with van der Waals surface area (Å²) in [5.41, 5.74) is 0.0186. The van der Waals surface area contributed by atoms with Gasteiger partial charge in [-0.15, -0.1) is 0 Å². The molecule has 2 rings (SSSR count). The molecule has 19 heavy (non-hydrogen) atoms. The van der Waals surface area contributed by atoms with Crippen LogP contribution in [0.4, 0.5) is 0 Å². The molecule has 2 aliphatic heterocycles. The fourth-order valence-corrected chi connectivity index (χ4v) is 4.44. The number of carbonyl (C=O) groups is 1. The predicted molar refractivity (Wildman–Crippen MR) is 82.5 cm³/mol. The van der Waals surface area contributed by atoms with E-state index >= 15 is 0 Å². The largest absolute Gasteiger partial charge is 0.336 e. The second-order valence-corrected chi connectivity index (χ2v) is 7.73. The lowest BCUT2D eigenvalue weighted by Gasteiger charge is -2.41. The van der Waals surface area contributed by atoms with Crippen LogP contribution in [0.1, 0.15) is 46.0 Å². The Kier molecular flexibility index (Phi) is 5.18. The van der Waals surface area contributed by atoms with Gasteiger partial charge in [0.15, 0.2) is 0 Å². The zero-order valence-corrected chi connectivity index (χ0v) is 13.4. The van der Waals surface area contributed by atoms with E-state index in [2.05, 4.69) is 35.8 Å². The molecule has 2 saturated heterocycles. The quantitative estimate of drug-likeness (QED) is 0.864. The highest BCUT2D eigenvalue weighted by molar-refractivity contribution is 7.99. The molecule has 4 heteroatoms. The van der Waals surface area contributed by atoms with Gasteiger partial charge in [0.2, 0.25) is 5.91 Å². The standard InChI is InChI=1S/C15H28N2OS/c1-15(2)8-4-7-13(16-3)14(18)17(15)10-12-6-5-9-19-11-12/h12-13,16H,4-11H2,1-3H3. The summed E-state index contributed by atoms with van der Waals surface area (Å²) in [7, 11) is 1.91. The number of carbonyl (C=O) groups excluding carboxylic acids is 1. The number of likely N-dealkylation sites (N-methyl/N-ethyl adjacent to an activating group) is 1. The van der Waals surface area contributed by atoms with Crippen LogP contribution in [0, 0.1) is 5.92 Å². The van der Waals surface area contributed by atoms with Crippen molar-refractivity contribution in [2.45, 2.75) is 57.5 Å². The third kappa shape index (κ3) is 3.66. The van der Waals surface area contributed by atoms with E-state index < -0.39 is 0 Å². The highest BCUT2D eigenvalue weighted by atomic mass is 32.2. The van der Waals surface area contributed by atoms with Gasteiger partial charge >= 0.3 is 0 Å². The molecule has 1 amide bonds. The number of hydrogen-bond acceptors (Lipinski definition) is 3. The van der Waals surface area contributed by atoms with Gasteiger partial charge in [-0.3, -0.25) is 4.79 Å². The summed E-state index contributed by atoms with van der Waals surface area (Å²) in [6.45, 7) is 5.43. The molecule has 1 N–H and O–H groups in total. The third-order valence-electron chi connectivity index (χ3n) is 4.62. The molecule has 110 valence electrons. The number of rotatable bonds is 3. The second-order valence-electron chi connectivity index (χ2n) is 6.58. The third-order valence-corrected chi connectivity index (χ3v) is 5.90. The second kappa shape index (κ2) is 6.49. The maximum atomic E-state index is 12.7. The van der Waals surface area contributed by atoms with Crippen LogP contribution in [-0.2, 0) is 4.79 Å². The molecule has 0 saturated carbocycles. The molecule has 0 aromatic rings. The van der Waals surface area contributed by atoms with Crippen LogP contribution in [0.2, 0.25) is 0 Å². The smallest absolute Gasteiger partial charge is 0.240 e. The van der Waals surface area contributed by atoms with Crippen molar-refractivity contribution in [1.29, 1.82) is 0 Å². The molecule has 2 aliphatic rings. The van der Waals surface area contributed by atoms with Crippen LogP contribution >= 0.6 is 11.8 Å². The molecule has 0 aromatic carbocycles. The summed E-state index contributed by atoms with van der Waals surface area (Å²) in [6, 6.07) is 0.0259. The minimum atomic E-state index is 0.0186. The molecule has 2 fully saturated rings. The van der Waals surface area contributed by atoms with E-state index in [4.69, 9.17) is 0 Å². The lowest BCUT2D eigenvalue weighted by atomic mass is 9.94. The molecule has 0 spiro atoms. The maximum absolute atomic E-state index is 12.7. The summed E-state index contributed by atoms with van der Waals surface area (Å²) < 4.78 is 0. The van der Waals surface area contributed by atoms with E-state index in [0.717, 1.165) is 25.8 Å². The van der Waals surface area contributed by atoms with Gasteiger partial charge in [-0.2, -0.15) is 11.8 Å². The molecule has 0 aromatic heterocycles. The average Bonchev–Trinajstić information content (AvgIpc) is 2.50. The first kappa shape index (κ1) is 15.2. The van der Waals surface area contributed by atoms with Crippen molar-refractivity contribution in [2.24, 2.45) is 5.92 Å². The van der Waals surface area contributed by atoms with Crippen LogP contribution in [0.3, 0.4) is 0 Å². The lowest BCUT2D eigenvalue weighted by Crippen LogP contribution is -2.54. The fourth-order valence-electron chi connectivity index (χ4n) is 3.30. The van der Waals surface area contributed by atoms with Crippen LogP contribution in [0.25, 0.3) is 0 Å². The van der Waals surface area contributed by atoms with Gasteiger partial charge in [-0.05, 0) is 70.4 Å². The van der Waals surface area contributed by atoms with Gasteiger partial charge in [0.25, 0.3) is 0 Å². The van der Waals surface area contributed by atoms with E-state index in [1.165, 1.54) is 24.3 Å². The molecule has 2 unspecified atom stereocenters. The highest BCUT2D eigenvalue weighted by Gasteiger charge is 2.38. The molecule has 0 aliphatic carbocycles. The summed E-state index contributed by atoms with van der Waals surface area (Å²) in [6.07, 6.45) is 5.84. The first-order valence-electron chi connectivity index (χ1n) is 7.61. The van der Waals surface area contributed by atoms with E-state index in [-0.39, 0.29) is 11.6 Å². The highest BCUT2D eigenvalue weighted by Crippen LogP contribution is 2.31. The number of thioether (sulfide) groups is 1. The topological polar surface area (TPSA) is 32.3 Å². The van der Waals surface area contributed by atoms with Gasteiger partial charge < -0.3 is 10.2 Å². The van der Waals surface area contributed by atoms with E-state index in [0.29, 0.717) is 11.8 Å². The Hall–Kier alpha value is -0.220. The normalized spacial score (nSPS) is 32.2. The Labute approximate surface area is 121 Å². The zero-order chi connectivity index (χ0) is 13.9. The van der Waals surface area contributed by atoms with Crippen LogP contribution < -0.4 is 5.32 Å². The number of hydrogen-bond donors (Lipinski definition) is 1. The van der Waals surface area contributed by atoms with Gasteiger partial charge in [0, 0.05) is 12.1 Å². The van der Waals surface area contributed by atoms with E-state index in [9.17, 15) is 4.79 Å². The summed E-state index contributed by atoms with van der Waals surface area (Å²) >= 11 is 2.05. The molecular formula is C15H28N2OS. The minimum Gasteiger partial charge on any atom is -0.336 e. The Balaban J connectivity index is 2.08. The molecule has 0 radical (unpaired) electrons. The van der Waals surface area contributed by atoms with Gasteiger partial charge in [0.1, 0.15) is 0 Å². The summed E-state index contributed by atoms with van der Waals surface area (Å²) in [5, 5.41) is 3.20. The zero-order valence-electron chi connectivity index (χ0n) is 12.6. The van der Waals surface area contributed by atoms with Crippen molar-refractivity contribution in [2.75, 3.05) is 25.1 Å². The van der Waals surface area contributed by atoms with Gasteiger partial charge in [-0.25, -0.2) is 0 Å². The fraction of sp³-hybridized carbons (Fsp3) is 0.933. The molecular weight excluding hydrogens is 256 g/mol. The Morgan fingerprint density at radius 2 is 2.16 bits per heavy atom. The van der Waals surface area contributed by atoms with Crippen LogP contribution in [0.15, 0.2) is 0 Å². The molecule has 2 atom stereocenters. The minimum absolute atomic E-state index is 0.0186. The average molecular weight is 284 g/mol. The Morgan fingerprint density at radius 3 is 2.79 bits per heavy atom. The number of likely N-dealkylation sites (tertiary alicyclic amines) is 1. The molecule has 3 nitrogen and oxygen atoms in total. The van der Waals surface area contributed by atoms with Crippen molar-refractivity contribution in [3.05, 3.63) is 0 Å². The van der Waals surface area contributed by atoms with E-state index in [1.807, 2.05) is 7.05 Å². The van der Waals surface area contributed by atoms with Crippen molar-refractivity contribution in [3.8, 4) is 0 Å². The Morgan fingerprint density at radius 1 is 1.37 bits per heavy atom. The molecule has 0 bridgehead atoms. The SMILES string of the molecule is CNC1CCCC(C)(C)N(CC2CCCSC2)C1=O. The Bertz CT molecular complexity index is 313. The number of nitrogens with one attached hydrogen (secondary N) is 1. The van der Waals surface area contributed by atoms with Crippen molar-refractivity contribution >= 4 is 17.7 Å². The first-order valence-corrected chi connectivity index (χ1v) is 8.76. The predicted octanol–water partition coefficient (Wildman–Crippen LogP) is 2.51. The number of nitrogens with zero attached hydrogens (tertiary/aromatic N) is 1. The van der Waals surface area contributed by atoms with Gasteiger partial charge in [0.05, 0.1) is 6.04 Å². The van der Waals surface area contributed by atoms with Crippen LogP contribution in [-0.4, -0.2) is 47.5 Å². The lowest BCUT2D eigenvalue weighted by molar-refractivity contribution is -0.138. The summed E-state index contributed by atoms with van der Waals surface area (Å²) in [4.78, 5) is 14.9. The first-order chi connectivity index (χ1) is 9.04.